The number of nitrogens with one attached hydrogen (secondary N) is 2. The quantitative estimate of drug-likeness (QED) is 0.498. The first-order valence-corrected chi connectivity index (χ1v) is 6.81. The first-order chi connectivity index (χ1) is 9.54. The Kier molecular flexibility index (Phi) is 6.73. The summed E-state index contributed by atoms with van der Waals surface area (Å²) in [6.45, 7) is 3.88. The molecule has 0 saturated carbocycles. The van der Waals surface area contributed by atoms with E-state index in [4.69, 9.17) is 11.6 Å². The molecule has 0 atom stereocenters. The summed E-state index contributed by atoms with van der Waals surface area (Å²) in [7, 11) is 0. The summed E-state index contributed by atoms with van der Waals surface area (Å²) in [4.78, 5) is 23.2. The Morgan fingerprint density at radius 3 is 2.60 bits per heavy atom. The summed E-state index contributed by atoms with van der Waals surface area (Å²) in [5.74, 6) is -1.62. The Balaban J connectivity index is 2.52. The molecule has 0 aliphatic rings. The maximum absolute atomic E-state index is 11.6. The minimum absolute atomic E-state index is 0.372. The number of hydrogen-bond donors (Lipinski definition) is 2. The minimum atomic E-state index is -0.819. The number of benzene rings is 1. The number of rotatable bonds is 5. The first-order valence-electron chi connectivity index (χ1n) is 6.43. The molecule has 0 spiro atoms. The molecule has 0 bridgehead atoms. The van der Waals surface area contributed by atoms with E-state index in [1.807, 2.05) is 6.92 Å². The summed E-state index contributed by atoms with van der Waals surface area (Å²) in [5.41, 5.74) is 3.40. The highest BCUT2D eigenvalue weighted by molar-refractivity contribution is 6.41. The Hall–Kier alpha value is -1.88. The molecule has 5 nitrogen and oxygen atoms in total. The van der Waals surface area contributed by atoms with Gasteiger partial charge in [-0.2, -0.15) is 5.10 Å². The number of para-hydroxylation sites is 1. The predicted molar refractivity (Wildman–Crippen MR) is 80.9 cm³/mol. The lowest BCUT2D eigenvalue weighted by Crippen LogP contribution is -2.32. The van der Waals surface area contributed by atoms with Gasteiger partial charge in [0.1, 0.15) is 0 Å². The normalized spacial score (nSPS) is 11.1. The van der Waals surface area contributed by atoms with Gasteiger partial charge in [0.2, 0.25) is 0 Å². The molecule has 1 rings (SSSR count). The van der Waals surface area contributed by atoms with Gasteiger partial charge in [0.15, 0.2) is 0 Å². The summed E-state index contributed by atoms with van der Waals surface area (Å²) in [6, 6.07) is 6.69. The Labute approximate surface area is 123 Å². The minimum Gasteiger partial charge on any atom is -0.316 e. The van der Waals surface area contributed by atoms with Gasteiger partial charge in [-0.15, -0.1) is 0 Å². The van der Waals surface area contributed by atoms with Crippen LogP contribution in [0.1, 0.15) is 33.1 Å². The summed E-state index contributed by atoms with van der Waals surface area (Å²) in [6.07, 6.45) is 2.84. The van der Waals surface area contributed by atoms with Gasteiger partial charge in [0.05, 0.1) is 10.7 Å². The van der Waals surface area contributed by atoms with Crippen LogP contribution in [0.15, 0.2) is 29.4 Å². The zero-order valence-electron chi connectivity index (χ0n) is 11.6. The fraction of sp³-hybridized carbons (Fsp3) is 0.357. The highest BCUT2D eigenvalue weighted by Gasteiger charge is 2.14. The fourth-order valence-corrected chi connectivity index (χ4v) is 1.61. The molecule has 108 valence electrons. The van der Waals surface area contributed by atoms with E-state index in [2.05, 4.69) is 22.8 Å². The highest BCUT2D eigenvalue weighted by atomic mass is 35.5. The number of nitrogens with zero attached hydrogens (tertiary/aromatic N) is 1. The molecule has 0 radical (unpaired) electrons. The van der Waals surface area contributed by atoms with Gasteiger partial charge in [0, 0.05) is 5.71 Å². The van der Waals surface area contributed by atoms with Crippen molar-refractivity contribution >= 4 is 34.8 Å². The molecule has 0 unspecified atom stereocenters. The van der Waals surface area contributed by atoms with Crippen molar-refractivity contribution in [3.05, 3.63) is 29.3 Å². The lowest BCUT2D eigenvalue weighted by Gasteiger charge is -2.06. The topological polar surface area (TPSA) is 70.6 Å². The molecule has 0 saturated heterocycles. The summed E-state index contributed by atoms with van der Waals surface area (Å²) < 4.78 is 0. The standard InChI is InChI=1S/C14H18ClN3O2/c1-3-4-7-10(2)17-18-14(20)13(19)16-12-9-6-5-8-11(12)15/h5-6,8-9H,3-4,7H2,1-2H3,(H,16,19)(H,18,20)/b17-10-. The van der Waals surface area contributed by atoms with Gasteiger partial charge in [-0.05, 0) is 31.9 Å². The average molecular weight is 296 g/mol. The molecule has 0 heterocycles. The SMILES string of the molecule is CCCC/C(C)=N\NC(=O)C(=O)Nc1ccccc1Cl. The van der Waals surface area contributed by atoms with E-state index in [0.29, 0.717) is 10.7 Å². The van der Waals surface area contributed by atoms with Gasteiger partial charge in [-0.1, -0.05) is 37.1 Å². The molecule has 2 N–H and O–H groups in total. The van der Waals surface area contributed by atoms with Gasteiger partial charge in [-0.3, -0.25) is 9.59 Å². The molecule has 0 aliphatic heterocycles. The maximum Gasteiger partial charge on any atom is 0.329 e. The van der Waals surface area contributed by atoms with Crippen molar-refractivity contribution in [2.75, 3.05) is 5.32 Å². The molecule has 0 aliphatic carbocycles. The molecule has 1 aromatic rings. The number of carbonyl (C=O) groups excluding carboxylic acids is 2. The maximum atomic E-state index is 11.6. The van der Waals surface area contributed by atoms with E-state index in [1.54, 1.807) is 24.3 Å². The van der Waals surface area contributed by atoms with Crippen LogP contribution < -0.4 is 10.7 Å². The zero-order valence-corrected chi connectivity index (χ0v) is 12.3. The van der Waals surface area contributed by atoms with E-state index in [0.717, 1.165) is 25.0 Å². The van der Waals surface area contributed by atoms with Crippen LogP contribution in [-0.4, -0.2) is 17.5 Å². The molecule has 2 amide bonds. The van der Waals surface area contributed by atoms with Crippen LogP contribution in [-0.2, 0) is 9.59 Å². The van der Waals surface area contributed by atoms with Crippen LogP contribution in [0.3, 0.4) is 0 Å². The molecular formula is C14H18ClN3O2. The fourth-order valence-electron chi connectivity index (χ4n) is 1.43. The van der Waals surface area contributed by atoms with Crippen molar-refractivity contribution in [2.45, 2.75) is 33.1 Å². The molecule has 6 heteroatoms. The number of unbranched alkanes of at least 4 members (excludes halogenated alkanes) is 1. The van der Waals surface area contributed by atoms with Crippen LogP contribution >= 0.6 is 11.6 Å². The average Bonchev–Trinajstić information content (AvgIpc) is 2.44. The summed E-state index contributed by atoms with van der Waals surface area (Å²) >= 11 is 5.88. The van der Waals surface area contributed by atoms with E-state index in [-0.39, 0.29) is 0 Å². The second-order valence-corrected chi connectivity index (χ2v) is 4.73. The van der Waals surface area contributed by atoms with Gasteiger partial charge in [0.25, 0.3) is 0 Å². The van der Waals surface area contributed by atoms with Gasteiger partial charge in [-0.25, -0.2) is 5.43 Å². The number of anilines is 1. The second-order valence-electron chi connectivity index (χ2n) is 4.33. The lowest BCUT2D eigenvalue weighted by molar-refractivity contribution is -0.136. The third kappa shape index (κ3) is 5.40. The van der Waals surface area contributed by atoms with Gasteiger partial charge < -0.3 is 5.32 Å². The third-order valence-electron chi connectivity index (χ3n) is 2.57. The van der Waals surface area contributed by atoms with Crippen molar-refractivity contribution < 1.29 is 9.59 Å². The first kappa shape index (κ1) is 16.2. The van der Waals surface area contributed by atoms with E-state index in [9.17, 15) is 9.59 Å². The zero-order chi connectivity index (χ0) is 15.0. The highest BCUT2D eigenvalue weighted by Crippen LogP contribution is 2.20. The van der Waals surface area contributed by atoms with Crippen molar-refractivity contribution in [1.82, 2.24) is 5.43 Å². The number of hydrazone groups is 1. The number of halogens is 1. The van der Waals surface area contributed by atoms with Crippen molar-refractivity contribution in [3.63, 3.8) is 0 Å². The van der Waals surface area contributed by atoms with Crippen LogP contribution in [0.4, 0.5) is 5.69 Å². The van der Waals surface area contributed by atoms with Crippen LogP contribution in [0.2, 0.25) is 5.02 Å². The molecular weight excluding hydrogens is 278 g/mol. The largest absolute Gasteiger partial charge is 0.329 e. The number of amides is 2. The Morgan fingerprint density at radius 2 is 1.95 bits per heavy atom. The summed E-state index contributed by atoms with van der Waals surface area (Å²) in [5, 5.41) is 6.67. The number of carbonyl (C=O) groups is 2. The molecule has 0 aromatic heterocycles. The third-order valence-corrected chi connectivity index (χ3v) is 2.90. The smallest absolute Gasteiger partial charge is 0.316 e. The van der Waals surface area contributed by atoms with Crippen LogP contribution in [0.25, 0.3) is 0 Å². The van der Waals surface area contributed by atoms with Gasteiger partial charge >= 0.3 is 11.8 Å². The monoisotopic (exact) mass is 295 g/mol. The second kappa shape index (κ2) is 8.32. The van der Waals surface area contributed by atoms with Crippen LogP contribution in [0, 0.1) is 0 Å². The molecule has 1 aromatic carbocycles. The van der Waals surface area contributed by atoms with Crippen LogP contribution in [0.5, 0.6) is 0 Å². The number of hydrogen-bond acceptors (Lipinski definition) is 3. The van der Waals surface area contributed by atoms with E-state index in [1.165, 1.54) is 0 Å². The van der Waals surface area contributed by atoms with Crippen molar-refractivity contribution in [1.29, 1.82) is 0 Å². The van der Waals surface area contributed by atoms with E-state index < -0.39 is 11.8 Å². The molecule has 0 fully saturated rings. The molecule has 20 heavy (non-hydrogen) atoms. The Bertz CT molecular complexity index is 515. The Morgan fingerprint density at radius 1 is 1.25 bits per heavy atom. The lowest BCUT2D eigenvalue weighted by atomic mass is 10.2. The van der Waals surface area contributed by atoms with E-state index >= 15 is 0 Å². The predicted octanol–water partition coefficient (Wildman–Crippen LogP) is 2.96. The van der Waals surface area contributed by atoms with Crippen molar-refractivity contribution in [2.24, 2.45) is 5.10 Å². The van der Waals surface area contributed by atoms with Crippen molar-refractivity contribution in [3.8, 4) is 0 Å².